The monoisotopic (exact) mass is 381 g/mol. The predicted octanol–water partition coefficient (Wildman–Crippen LogP) is 2.92. The lowest BCUT2D eigenvalue weighted by Gasteiger charge is -2.10. The van der Waals surface area contributed by atoms with E-state index in [1.165, 1.54) is 6.21 Å². The molecule has 7 nitrogen and oxygen atoms in total. The van der Waals surface area contributed by atoms with E-state index in [4.69, 9.17) is 4.74 Å². The predicted molar refractivity (Wildman–Crippen MR) is 109 cm³/mol. The van der Waals surface area contributed by atoms with Gasteiger partial charge < -0.3 is 15.2 Å². The van der Waals surface area contributed by atoms with Crippen molar-refractivity contribution in [2.75, 3.05) is 11.9 Å². The topological polar surface area (TPSA) is 100 Å². The molecule has 146 valence electrons. The number of amides is 2. The number of nitrogens with one attached hydrogen (secondary N) is 2. The smallest absolute Gasteiger partial charge is 0.329 e. The first kappa shape index (κ1) is 20.7. The second-order valence-electron chi connectivity index (χ2n) is 5.97. The van der Waals surface area contributed by atoms with Crippen LogP contribution < -0.4 is 15.5 Å². The molecule has 2 amide bonds. The van der Waals surface area contributed by atoms with Gasteiger partial charge in [0.05, 0.1) is 12.8 Å². The van der Waals surface area contributed by atoms with Crippen molar-refractivity contribution < 1.29 is 19.4 Å². The molecule has 7 heteroatoms. The summed E-state index contributed by atoms with van der Waals surface area (Å²) in [5, 5.41) is 16.5. The van der Waals surface area contributed by atoms with Gasteiger partial charge in [-0.05, 0) is 50.1 Å². The van der Waals surface area contributed by atoms with E-state index < -0.39 is 11.8 Å². The van der Waals surface area contributed by atoms with E-state index in [9.17, 15) is 14.7 Å². The largest absolute Gasteiger partial charge is 0.504 e. The molecule has 0 unspecified atom stereocenters. The number of carbonyl (C=O) groups excluding carboxylic acids is 2. The molecule has 2 aromatic carbocycles. The molecule has 0 aliphatic heterocycles. The maximum atomic E-state index is 11.9. The molecule has 0 aliphatic carbocycles. The van der Waals surface area contributed by atoms with Crippen molar-refractivity contribution in [3.8, 4) is 11.5 Å². The van der Waals surface area contributed by atoms with Crippen molar-refractivity contribution in [2.24, 2.45) is 5.10 Å². The van der Waals surface area contributed by atoms with Crippen LogP contribution in [0.15, 0.2) is 54.2 Å². The first-order chi connectivity index (χ1) is 13.4. The summed E-state index contributed by atoms with van der Waals surface area (Å²) in [7, 11) is 0. The van der Waals surface area contributed by atoms with Crippen molar-refractivity contribution in [2.45, 2.75) is 20.3 Å². The number of hydrazone groups is 1. The normalized spacial score (nSPS) is 10.5. The Morgan fingerprint density at radius 2 is 1.93 bits per heavy atom. The molecule has 0 fully saturated rings. The van der Waals surface area contributed by atoms with Gasteiger partial charge in [0, 0.05) is 11.3 Å². The van der Waals surface area contributed by atoms with Gasteiger partial charge >= 0.3 is 11.8 Å². The first-order valence-electron chi connectivity index (χ1n) is 8.75. The zero-order chi connectivity index (χ0) is 20.5. The molecule has 0 atom stereocenters. The SMILES string of the molecule is C=CCc1cc(/C=N/NC(=O)C(=O)Nc2ccc(C)cc2)cc(OCC)c1O. The van der Waals surface area contributed by atoms with Crippen molar-refractivity contribution in [1.29, 1.82) is 0 Å². The highest BCUT2D eigenvalue weighted by atomic mass is 16.5. The fourth-order valence-electron chi connectivity index (χ4n) is 2.38. The second-order valence-corrected chi connectivity index (χ2v) is 5.97. The van der Waals surface area contributed by atoms with Crippen LogP contribution in [0.1, 0.15) is 23.6 Å². The average molecular weight is 381 g/mol. The maximum Gasteiger partial charge on any atom is 0.329 e. The number of allylic oxidation sites excluding steroid dienone is 1. The van der Waals surface area contributed by atoms with Crippen molar-refractivity contribution in [1.82, 2.24) is 5.43 Å². The summed E-state index contributed by atoms with van der Waals surface area (Å²) in [5.41, 5.74) is 4.95. The van der Waals surface area contributed by atoms with Crippen LogP contribution in [0.4, 0.5) is 5.69 Å². The van der Waals surface area contributed by atoms with Crippen LogP contribution in [0.25, 0.3) is 0 Å². The summed E-state index contributed by atoms with van der Waals surface area (Å²) >= 11 is 0. The third-order valence-corrected chi connectivity index (χ3v) is 3.74. The minimum Gasteiger partial charge on any atom is -0.504 e. The van der Waals surface area contributed by atoms with E-state index in [0.29, 0.717) is 35.6 Å². The highest BCUT2D eigenvalue weighted by molar-refractivity contribution is 6.39. The second kappa shape index (κ2) is 9.91. The summed E-state index contributed by atoms with van der Waals surface area (Å²) in [5.74, 6) is -1.37. The standard InChI is InChI=1S/C21H23N3O4/c1-4-6-16-11-15(12-18(19(16)25)28-5-2)13-22-24-21(27)20(26)23-17-9-7-14(3)8-10-17/h4,7-13,25H,1,5-6H2,2-3H3,(H,23,26)(H,24,27)/b22-13+. The molecular weight excluding hydrogens is 358 g/mol. The number of phenols is 1. The van der Waals surface area contributed by atoms with E-state index in [2.05, 4.69) is 22.4 Å². The molecule has 0 aromatic heterocycles. The quantitative estimate of drug-likeness (QED) is 0.297. The molecule has 28 heavy (non-hydrogen) atoms. The number of rotatable bonds is 7. The summed E-state index contributed by atoms with van der Waals surface area (Å²) in [6.45, 7) is 7.78. The lowest BCUT2D eigenvalue weighted by atomic mass is 10.1. The van der Waals surface area contributed by atoms with E-state index in [0.717, 1.165) is 5.56 Å². The molecule has 0 saturated heterocycles. The lowest BCUT2D eigenvalue weighted by molar-refractivity contribution is -0.136. The number of aromatic hydroxyl groups is 1. The number of hydrogen-bond donors (Lipinski definition) is 3. The van der Waals surface area contributed by atoms with Gasteiger partial charge in [-0.1, -0.05) is 23.8 Å². The van der Waals surface area contributed by atoms with Crippen LogP contribution in [-0.2, 0) is 16.0 Å². The third-order valence-electron chi connectivity index (χ3n) is 3.74. The molecule has 0 aliphatic rings. The van der Waals surface area contributed by atoms with Crippen molar-refractivity contribution in [3.05, 3.63) is 65.7 Å². The Labute approximate surface area is 163 Å². The summed E-state index contributed by atoms with van der Waals surface area (Å²) in [6.07, 6.45) is 3.47. The fraction of sp³-hybridized carbons (Fsp3) is 0.190. The van der Waals surface area contributed by atoms with Crippen LogP contribution in [-0.4, -0.2) is 29.7 Å². The van der Waals surface area contributed by atoms with E-state index in [1.54, 1.807) is 37.3 Å². The van der Waals surface area contributed by atoms with Crippen LogP contribution in [0.5, 0.6) is 11.5 Å². The molecule has 2 rings (SSSR count). The summed E-state index contributed by atoms with van der Waals surface area (Å²) in [4.78, 5) is 23.8. The summed E-state index contributed by atoms with van der Waals surface area (Å²) in [6, 6.07) is 10.4. The molecule has 0 heterocycles. The Kier molecular flexibility index (Phi) is 7.33. The molecular formula is C21H23N3O4. The fourth-order valence-corrected chi connectivity index (χ4v) is 2.38. The van der Waals surface area contributed by atoms with Gasteiger partial charge in [0.15, 0.2) is 11.5 Å². The van der Waals surface area contributed by atoms with E-state index in [1.807, 2.05) is 19.1 Å². The van der Waals surface area contributed by atoms with Gasteiger partial charge in [0.25, 0.3) is 0 Å². The van der Waals surface area contributed by atoms with Gasteiger partial charge in [-0.25, -0.2) is 5.43 Å². The molecule has 3 N–H and O–H groups in total. The molecule has 0 bridgehead atoms. The number of aryl methyl sites for hydroxylation is 1. The first-order valence-corrected chi connectivity index (χ1v) is 8.75. The highest BCUT2D eigenvalue weighted by Gasteiger charge is 2.13. The van der Waals surface area contributed by atoms with Crippen LogP contribution in [0.2, 0.25) is 0 Å². The highest BCUT2D eigenvalue weighted by Crippen LogP contribution is 2.31. The van der Waals surface area contributed by atoms with Crippen molar-refractivity contribution >= 4 is 23.7 Å². The Balaban J connectivity index is 2.04. The Morgan fingerprint density at radius 3 is 2.57 bits per heavy atom. The number of hydrogen-bond acceptors (Lipinski definition) is 5. The minimum atomic E-state index is -0.896. The van der Waals surface area contributed by atoms with Crippen molar-refractivity contribution in [3.63, 3.8) is 0 Å². The lowest BCUT2D eigenvalue weighted by Crippen LogP contribution is -2.32. The number of ether oxygens (including phenoxy) is 1. The van der Waals surface area contributed by atoms with Gasteiger partial charge in [-0.2, -0.15) is 5.10 Å². The van der Waals surface area contributed by atoms with Gasteiger partial charge in [0.2, 0.25) is 0 Å². The molecule has 0 saturated carbocycles. The Hall–Kier alpha value is -3.61. The van der Waals surface area contributed by atoms with Gasteiger partial charge in [-0.15, -0.1) is 6.58 Å². The van der Waals surface area contributed by atoms with E-state index >= 15 is 0 Å². The average Bonchev–Trinajstić information content (AvgIpc) is 2.67. The van der Waals surface area contributed by atoms with Crippen LogP contribution >= 0.6 is 0 Å². The zero-order valence-electron chi connectivity index (χ0n) is 15.9. The van der Waals surface area contributed by atoms with E-state index in [-0.39, 0.29) is 5.75 Å². The Bertz CT molecular complexity index is 889. The zero-order valence-corrected chi connectivity index (χ0v) is 15.9. The van der Waals surface area contributed by atoms with Crippen LogP contribution in [0.3, 0.4) is 0 Å². The summed E-state index contributed by atoms with van der Waals surface area (Å²) < 4.78 is 5.41. The molecule has 0 radical (unpaired) electrons. The van der Waals surface area contributed by atoms with Gasteiger partial charge in [0.1, 0.15) is 0 Å². The number of anilines is 1. The Morgan fingerprint density at radius 1 is 1.21 bits per heavy atom. The number of benzene rings is 2. The molecule has 2 aromatic rings. The maximum absolute atomic E-state index is 11.9. The third kappa shape index (κ3) is 5.70. The number of phenolic OH excluding ortho intramolecular Hbond substituents is 1. The van der Waals surface area contributed by atoms with Gasteiger partial charge in [-0.3, -0.25) is 9.59 Å². The minimum absolute atomic E-state index is 0.0420. The number of nitrogens with zero attached hydrogens (tertiary/aromatic N) is 1. The van der Waals surface area contributed by atoms with Crippen LogP contribution in [0, 0.1) is 6.92 Å². The molecule has 0 spiro atoms. The number of carbonyl (C=O) groups is 2.